The molecular weight excluding hydrogens is 386 g/mol. The van der Waals surface area contributed by atoms with Crippen LogP contribution in [0.2, 0.25) is 0 Å². The van der Waals surface area contributed by atoms with Crippen molar-refractivity contribution in [1.29, 1.82) is 0 Å². The molecule has 0 unspecified atom stereocenters. The van der Waals surface area contributed by atoms with Crippen LogP contribution in [0, 0.1) is 10.1 Å². The Morgan fingerprint density at radius 2 is 2.08 bits per heavy atom. The van der Waals surface area contributed by atoms with E-state index in [0.717, 1.165) is 11.3 Å². The fourth-order valence-electron chi connectivity index (χ4n) is 2.61. The van der Waals surface area contributed by atoms with Crippen LogP contribution in [0.1, 0.15) is 10.5 Å². The van der Waals surface area contributed by atoms with E-state index < -0.39 is 26.5 Å². The van der Waals surface area contributed by atoms with E-state index in [0.29, 0.717) is 0 Å². The second-order valence-electron chi connectivity index (χ2n) is 5.34. The summed E-state index contributed by atoms with van der Waals surface area (Å²) in [7, 11) is -2.37. The topological polar surface area (TPSA) is 139 Å². The Morgan fingerprint density at radius 3 is 2.62 bits per heavy atom. The van der Waals surface area contributed by atoms with Crippen molar-refractivity contribution < 1.29 is 22.9 Å². The van der Waals surface area contributed by atoms with Crippen LogP contribution < -0.4 is 4.74 Å². The second-order valence-corrected chi connectivity index (χ2v) is 8.45. The van der Waals surface area contributed by atoms with Crippen LogP contribution in [-0.2, 0) is 10.0 Å². The zero-order valence-corrected chi connectivity index (χ0v) is 15.2. The average molecular weight is 401 g/mol. The van der Waals surface area contributed by atoms with Gasteiger partial charge in [-0.25, -0.2) is 8.42 Å². The van der Waals surface area contributed by atoms with E-state index in [9.17, 15) is 23.3 Å². The molecule has 2 aromatic heterocycles. The van der Waals surface area contributed by atoms with Crippen molar-refractivity contribution in [2.45, 2.75) is 4.21 Å². The maximum absolute atomic E-state index is 12.6. The predicted octanol–water partition coefficient (Wildman–Crippen LogP) is 0.535. The van der Waals surface area contributed by atoms with E-state index in [4.69, 9.17) is 4.74 Å². The smallest absolute Gasteiger partial charge is 0.362 e. The summed E-state index contributed by atoms with van der Waals surface area (Å²) in [5.74, 6) is -0.905. The first-order chi connectivity index (χ1) is 12.4. The molecule has 11 nitrogen and oxygen atoms in total. The van der Waals surface area contributed by atoms with E-state index in [2.05, 4.69) is 10.2 Å². The maximum atomic E-state index is 12.6. The minimum Gasteiger partial charge on any atom is -0.475 e. The van der Waals surface area contributed by atoms with Crippen LogP contribution in [0.15, 0.2) is 21.7 Å². The van der Waals surface area contributed by atoms with Crippen molar-refractivity contribution in [1.82, 2.24) is 19.4 Å². The molecule has 0 spiro atoms. The van der Waals surface area contributed by atoms with E-state index in [1.54, 1.807) is 11.4 Å². The van der Waals surface area contributed by atoms with Crippen molar-refractivity contribution >= 4 is 33.0 Å². The quantitative estimate of drug-likeness (QED) is 0.569. The summed E-state index contributed by atoms with van der Waals surface area (Å²) in [6.45, 7) is 0.430. The number of methoxy groups -OCH3 is 1. The Morgan fingerprint density at radius 1 is 1.38 bits per heavy atom. The number of thiophene rings is 1. The van der Waals surface area contributed by atoms with Crippen LogP contribution >= 0.6 is 11.3 Å². The van der Waals surface area contributed by atoms with Gasteiger partial charge in [-0.3, -0.25) is 20.0 Å². The number of hydrogen-bond acceptors (Lipinski definition) is 8. The van der Waals surface area contributed by atoms with Crippen molar-refractivity contribution in [3.05, 3.63) is 33.3 Å². The summed E-state index contributed by atoms with van der Waals surface area (Å²) in [4.78, 5) is 24.3. The molecule has 1 aliphatic heterocycles. The average Bonchev–Trinajstić information content (AvgIpc) is 3.30. The largest absolute Gasteiger partial charge is 0.475 e. The number of piperazine rings is 1. The van der Waals surface area contributed by atoms with Gasteiger partial charge in [-0.05, 0) is 11.4 Å². The molecule has 2 aromatic rings. The van der Waals surface area contributed by atoms with Gasteiger partial charge in [-0.1, -0.05) is 6.07 Å². The molecule has 1 fully saturated rings. The fraction of sp³-hybridized carbons (Fsp3) is 0.385. The highest BCUT2D eigenvalue weighted by atomic mass is 32.2. The molecule has 0 bridgehead atoms. The molecule has 1 aliphatic rings. The molecule has 0 aliphatic carbocycles. The Balaban J connectivity index is 1.74. The van der Waals surface area contributed by atoms with Crippen LogP contribution in [0.4, 0.5) is 5.69 Å². The monoisotopic (exact) mass is 401 g/mol. The number of hydrogen-bond donors (Lipinski definition) is 1. The molecule has 1 saturated heterocycles. The third-order valence-corrected chi connectivity index (χ3v) is 7.19. The summed E-state index contributed by atoms with van der Waals surface area (Å²) in [5.41, 5.74) is -0.826. The number of carbonyl (C=O) groups is 1. The van der Waals surface area contributed by atoms with Gasteiger partial charge in [0.15, 0.2) is 0 Å². The molecule has 0 saturated carbocycles. The van der Waals surface area contributed by atoms with E-state index in [-0.39, 0.29) is 42.0 Å². The van der Waals surface area contributed by atoms with Gasteiger partial charge < -0.3 is 9.64 Å². The number of aromatic amines is 1. The van der Waals surface area contributed by atoms with Gasteiger partial charge in [0.1, 0.15) is 4.21 Å². The first-order valence-electron chi connectivity index (χ1n) is 7.46. The molecule has 3 heterocycles. The molecule has 13 heteroatoms. The molecule has 1 N–H and O–H groups in total. The third kappa shape index (κ3) is 3.15. The zero-order chi connectivity index (χ0) is 18.9. The SMILES string of the molecule is COc1n[nH]c(C(=O)N2CCN(S(=O)(=O)c3cccs3)CC2)c1[N+](=O)[O-]. The normalized spacial score (nSPS) is 15.8. The van der Waals surface area contributed by atoms with E-state index in [1.807, 2.05) is 0 Å². The van der Waals surface area contributed by atoms with Gasteiger partial charge in [0, 0.05) is 26.2 Å². The van der Waals surface area contributed by atoms with Crippen molar-refractivity contribution in [3.63, 3.8) is 0 Å². The highest BCUT2D eigenvalue weighted by Crippen LogP contribution is 2.29. The second kappa shape index (κ2) is 7.01. The number of nitro groups is 1. The van der Waals surface area contributed by atoms with Gasteiger partial charge in [0.25, 0.3) is 15.9 Å². The standard InChI is InChI=1S/C13H15N5O6S2/c1-24-12-11(18(20)21)10(14-15-12)13(19)16-4-6-17(7-5-16)26(22,23)9-3-2-8-25-9/h2-3,8H,4-7H2,1H3,(H,14,15). The number of nitrogens with one attached hydrogen (secondary N) is 1. The minimum atomic E-state index is -3.59. The van der Waals surface area contributed by atoms with Crippen molar-refractivity contribution in [2.24, 2.45) is 0 Å². The molecule has 0 radical (unpaired) electrons. The van der Waals surface area contributed by atoms with Crippen LogP contribution in [0.3, 0.4) is 0 Å². The lowest BCUT2D eigenvalue weighted by molar-refractivity contribution is -0.386. The zero-order valence-electron chi connectivity index (χ0n) is 13.6. The number of nitrogens with zero attached hydrogens (tertiary/aromatic N) is 4. The molecule has 140 valence electrons. The Labute approximate surface area is 152 Å². The van der Waals surface area contributed by atoms with Crippen LogP contribution in [0.5, 0.6) is 5.88 Å². The Hall–Kier alpha value is -2.51. The first kappa shape index (κ1) is 18.3. The van der Waals surface area contributed by atoms with Crippen molar-refractivity contribution in [3.8, 4) is 5.88 Å². The molecular formula is C13H15N5O6S2. The Bertz CT molecular complexity index is 915. The summed E-state index contributed by atoms with van der Waals surface area (Å²) in [5, 5.41) is 18.8. The van der Waals surface area contributed by atoms with E-state index >= 15 is 0 Å². The molecule has 0 atom stereocenters. The fourth-order valence-corrected chi connectivity index (χ4v) is 5.17. The number of H-pyrrole nitrogens is 1. The molecule has 1 amide bonds. The number of carbonyl (C=O) groups excluding carboxylic acids is 1. The predicted molar refractivity (Wildman–Crippen MR) is 90.8 cm³/mol. The lowest BCUT2D eigenvalue weighted by Crippen LogP contribution is -2.50. The van der Waals surface area contributed by atoms with Gasteiger partial charge in [0.2, 0.25) is 5.69 Å². The third-order valence-electron chi connectivity index (χ3n) is 3.91. The summed E-state index contributed by atoms with van der Waals surface area (Å²) >= 11 is 1.13. The van der Waals surface area contributed by atoms with Gasteiger partial charge in [0.05, 0.1) is 12.0 Å². The van der Waals surface area contributed by atoms with Gasteiger partial charge in [-0.2, -0.15) is 4.31 Å². The minimum absolute atomic E-state index is 0.102. The van der Waals surface area contributed by atoms with Crippen LogP contribution in [-0.4, -0.2) is 71.9 Å². The number of rotatable bonds is 5. The lowest BCUT2D eigenvalue weighted by Gasteiger charge is -2.33. The highest BCUT2D eigenvalue weighted by Gasteiger charge is 2.36. The lowest BCUT2D eigenvalue weighted by atomic mass is 10.3. The summed E-state index contributed by atoms with van der Waals surface area (Å²) < 4.78 is 31.3. The molecule has 26 heavy (non-hydrogen) atoms. The number of aromatic nitrogens is 2. The van der Waals surface area contributed by atoms with Crippen molar-refractivity contribution in [2.75, 3.05) is 33.3 Å². The number of amides is 1. The van der Waals surface area contributed by atoms with Crippen LogP contribution in [0.25, 0.3) is 0 Å². The number of sulfonamides is 1. The summed E-state index contributed by atoms with van der Waals surface area (Å²) in [6, 6.07) is 3.18. The van der Waals surface area contributed by atoms with Gasteiger partial charge >= 0.3 is 11.6 Å². The maximum Gasteiger partial charge on any atom is 0.362 e. The summed E-state index contributed by atoms with van der Waals surface area (Å²) in [6.07, 6.45) is 0. The Kier molecular flexibility index (Phi) is 4.93. The molecule has 3 rings (SSSR count). The first-order valence-corrected chi connectivity index (χ1v) is 9.78. The molecule has 0 aromatic carbocycles. The highest BCUT2D eigenvalue weighted by molar-refractivity contribution is 7.91. The van der Waals surface area contributed by atoms with E-state index in [1.165, 1.54) is 22.4 Å². The van der Waals surface area contributed by atoms with Gasteiger partial charge in [-0.15, -0.1) is 16.4 Å². The number of ether oxygens (including phenoxy) is 1.